The molecule has 0 aromatic heterocycles. The lowest BCUT2D eigenvalue weighted by molar-refractivity contribution is 0.164. The molecule has 0 spiro atoms. The van der Waals surface area contributed by atoms with Crippen LogP contribution in [-0.4, -0.2) is 28.9 Å². The van der Waals surface area contributed by atoms with Gasteiger partial charge in [-0.3, -0.25) is 0 Å². The van der Waals surface area contributed by atoms with E-state index in [1.807, 2.05) is 0 Å². The Morgan fingerprint density at radius 2 is 2.00 bits per heavy atom. The SMILES string of the molecule is C=C(/N=C(\C(F)=C/N)c1ccc(F)cc1F)Nc1cccc(CS(C)(=O)=NC(=O)OCC)c1. The van der Waals surface area contributed by atoms with Gasteiger partial charge in [-0.15, -0.1) is 4.36 Å². The van der Waals surface area contributed by atoms with Crippen molar-refractivity contribution in [3.8, 4) is 0 Å². The zero-order valence-corrected chi connectivity index (χ0v) is 18.8. The molecular weight excluding hydrogens is 457 g/mol. The number of hydrogen-bond acceptors (Lipinski definition) is 6. The van der Waals surface area contributed by atoms with Gasteiger partial charge >= 0.3 is 6.09 Å². The summed E-state index contributed by atoms with van der Waals surface area (Å²) in [5.74, 6) is -3.00. The summed E-state index contributed by atoms with van der Waals surface area (Å²) < 4.78 is 62.5. The van der Waals surface area contributed by atoms with Crippen LogP contribution in [0, 0.1) is 11.6 Å². The maximum atomic E-state index is 14.3. The van der Waals surface area contributed by atoms with Crippen LogP contribution in [0.1, 0.15) is 18.1 Å². The zero-order chi connectivity index (χ0) is 24.6. The van der Waals surface area contributed by atoms with Crippen LogP contribution < -0.4 is 11.1 Å². The van der Waals surface area contributed by atoms with Gasteiger partial charge in [-0.2, -0.15) is 0 Å². The van der Waals surface area contributed by atoms with Crippen LogP contribution in [0.15, 0.2) is 76.2 Å². The maximum Gasteiger partial charge on any atom is 0.441 e. The van der Waals surface area contributed by atoms with Gasteiger partial charge in [0.25, 0.3) is 0 Å². The summed E-state index contributed by atoms with van der Waals surface area (Å²) in [5, 5.41) is 2.81. The fraction of sp³-hybridized carbons (Fsp3) is 0.182. The number of amides is 1. The Balaban J connectivity index is 2.28. The van der Waals surface area contributed by atoms with Crippen LogP contribution in [0.25, 0.3) is 0 Å². The Labute approximate surface area is 190 Å². The van der Waals surface area contributed by atoms with Gasteiger partial charge in [-0.1, -0.05) is 18.7 Å². The molecular formula is C22H23F3N4O3S. The molecule has 2 rings (SSSR count). The molecule has 0 aliphatic heterocycles. The van der Waals surface area contributed by atoms with Crippen molar-refractivity contribution in [1.29, 1.82) is 0 Å². The molecule has 2 aromatic rings. The number of halogens is 3. The fourth-order valence-corrected chi connectivity index (χ4v) is 3.95. The third-order valence-electron chi connectivity index (χ3n) is 3.99. The van der Waals surface area contributed by atoms with E-state index in [1.54, 1.807) is 31.2 Å². The molecule has 3 N–H and O–H groups in total. The fourth-order valence-electron chi connectivity index (χ4n) is 2.72. The van der Waals surface area contributed by atoms with Crippen molar-refractivity contribution in [1.82, 2.24) is 0 Å². The van der Waals surface area contributed by atoms with Crippen molar-refractivity contribution in [2.24, 2.45) is 15.1 Å². The van der Waals surface area contributed by atoms with Gasteiger partial charge < -0.3 is 15.8 Å². The molecule has 176 valence electrons. The first-order chi connectivity index (χ1) is 15.5. The highest BCUT2D eigenvalue weighted by Crippen LogP contribution is 2.20. The molecule has 0 bridgehead atoms. The quantitative estimate of drug-likeness (QED) is 0.525. The normalized spacial score (nSPS) is 13.7. The summed E-state index contributed by atoms with van der Waals surface area (Å²) in [6, 6.07) is 9.16. The first kappa shape index (κ1) is 25.7. The van der Waals surface area contributed by atoms with Crippen LogP contribution in [0.2, 0.25) is 0 Å². The number of aliphatic imine (C=N–C) groups is 1. The monoisotopic (exact) mass is 480 g/mol. The predicted octanol–water partition coefficient (Wildman–Crippen LogP) is 4.86. The van der Waals surface area contributed by atoms with E-state index in [9.17, 15) is 22.2 Å². The minimum Gasteiger partial charge on any atom is -0.448 e. The summed E-state index contributed by atoms with van der Waals surface area (Å²) in [6.45, 7) is 5.40. The second kappa shape index (κ2) is 11.3. The van der Waals surface area contributed by atoms with Crippen LogP contribution >= 0.6 is 0 Å². The Hall–Kier alpha value is -3.60. The van der Waals surface area contributed by atoms with E-state index in [2.05, 4.69) is 21.3 Å². The predicted molar refractivity (Wildman–Crippen MR) is 123 cm³/mol. The highest BCUT2D eigenvalue weighted by atomic mass is 32.2. The average Bonchev–Trinajstić information content (AvgIpc) is 2.71. The number of nitrogens with one attached hydrogen (secondary N) is 1. The highest BCUT2D eigenvalue weighted by molar-refractivity contribution is 7.92. The lowest BCUT2D eigenvalue weighted by Gasteiger charge is -2.11. The number of ether oxygens (including phenoxy) is 1. The average molecular weight is 481 g/mol. The Kier molecular flexibility index (Phi) is 8.80. The van der Waals surface area contributed by atoms with Crippen molar-refractivity contribution in [3.63, 3.8) is 0 Å². The molecule has 11 heteroatoms. The maximum absolute atomic E-state index is 14.3. The van der Waals surface area contributed by atoms with Gasteiger partial charge in [0.1, 0.15) is 23.2 Å². The number of carbonyl (C=O) groups is 1. The van der Waals surface area contributed by atoms with Crippen molar-refractivity contribution in [2.45, 2.75) is 12.7 Å². The van der Waals surface area contributed by atoms with E-state index in [0.29, 0.717) is 23.5 Å². The molecule has 0 aliphatic carbocycles. The zero-order valence-electron chi connectivity index (χ0n) is 18.0. The first-order valence-electron chi connectivity index (χ1n) is 9.58. The van der Waals surface area contributed by atoms with E-state index >= 15 is 0 Å². The second-order valence-electron chi connectivity index (χ2n) is 6.77. The molecule has 1 unspecified atom stereocenters. The van der Waals surface area contributed by atoms with Crippen molar-refractivity contribution < 1.29 is 26.9 Å². The van der Waals surface area contributed by atoms with Crippen molar-refractivity contribution >= 4 is 27.2 Å². The summed E-state index contributed by atoms with van der Waals surface area (Å²) in [6.07, 6.45) is 1.02. The number of nitrogens with two attached hydrogens (primary N) is 1. The third-order valence-corrected chi connectivity index (χ3v) is 5.40. The van der Waals surface area contributed by atoms with Gasteiger partial charge in [-0.05, 0) is 36.8 Å². The van der Waals surface area contributed by atoms with Gasteiger partial charge in [0, 0.05) is 29.8 Å². The lowest BCUT2D eigenvalue weighted by Crippen LogP contribution is -2.10. The van der Waals surface area contributed by atoms with Gasteiger partial charge in [0.2, 0.25) is 0 Å². The molecule has 2 aromatic carbocycles. The number of nitrogens with zero attached hydrogens (tertiary/aromatic N) is 2. The van der Waals surface area contributed by atoms with Gasteiger partial charge in [0.05, 0.1) is 22.1 Å². The van der Waals surface area contributed by atoms with Crippen LogP contribution in [0.5, 0.6) is 0 Å². The molecule has 0 saturated carbocycles. The van der Waals surface area contributed by atoms with E-state index < -0.39 is 39.0 Å². The summed E-state index contributed by atoms with van der Waals surface area (Å²) >= 11 is 0. The topological polar surface area (TPSA) is 106 Å². The number of allylic oxidation sites excluding steroid dienone is 1. The second-order valence-corrected chi connectivity index (χ2v) is 9.16. The summed E-state index contributed by atoms with van der Waals surface area (Å²) in [7, 11) is -2.90. The molecule has 7 nitrogen and oxygen atoms in total. The number of benzene rings is 2. The molecule has 0 heterocycles. The molecule has 1 amide bonds. The largest absolute Gasteiger partial charge is 0.448 e. The van der Waals surface area contributed by atoms with Crippen molar-refractivity contribution in [2.75, 3.05) is 18.2 Å². The van der Waals surface area contributed by atoms with E-state index in [0.717, 1.165) is 12.1 Å². The highest BCUT2D eigenvalue weighted by Gasteiger charge is 2.16. The standard InChI is InChI=1S/C22H23F3N4O3S/c1-4-32-22(30)29-33(3,31)13-15-6-5-7-17(10-15)27-14(2)28-21(20(25)12-26)18-9-8-16(23)11-19(18)24/h5-12,27H,2,4,13,26H2,1,3H3/b20-12+,28-21-. The minimum absolute atomic E-state index is 0.0341. The number of rotatable bonds is 8. The molecule has 0 saturated heterocycles. The Morgan fingerprint density at radius 3 is 2.64 bits per heavy atom. The van der Waals surface area contributed by atoms with Crippen LogP contribution in [-0.2, 0) is 20.2 Å². The number of carbonyl (C=O) groups excluding carboxylic acids is 1. The van der Waals surface area contributed by atoms with Gasteiger partial charge in [0.15, 0.2) is 5.83 Å². The van der Waals surface area contributed by atoms with E-state index in [4.69, 9.17) is 10.5 Å². The Morgan fingerprint density at radius 1 is 1.27 bits per heavy atom. The molecule has 0 fully saturated rings. The molecule has 1 atom stereocenters. The first-order valence-corrected chi connectivity index (χ1v) is 11.7. The smallest absolute Gasteiger partial charge is 0.441 e. The van der Waals surface area contributed by atoms with Gasteiger partial charge in [-0.25, -0.2) is 27.2 Å². The molecule has 0 radical (unpaired) electrons. The molecule has 33 heavy (non-hydrogen) atoms. The van der Waals surface area contributed by atoms with Crippen LogP contribution in [0.3, 0.4) is 0 Å². The van der Waals surface area contributed by atoms with Crippen molar-refractivity contribution in [3.05, 3.63) is 89.7 Å². The minimum atomic E-state index is -2.90. The van der Waals surface area contributed by atoms with E-state index in [1.165, 1.54) is 6.26 Å². The molecule has 0 aliphatic rings. The van der Waals surface area contributed by atoms with E-state index in [-0.39, 0.29) is 23.7 Å². The number of hydrogen-bond donors (Lipinski definition) is 2. The number of anilines is 1. The Bertz CT molecular complexity index is 1240. The summed E-state index contributed by atoms with van der Waals surface area (Å²) in [4.78, 5) is 15.5. The lowest BCUT2D eigenvalue weighted by atomic mass is 10.1. The van der Waals surface area contributed by atoms with Crippen LogP contribution in [0.4, 0.5) is 23.7 Å². The third kappa shape index (κ3) is 7.79. The summed E-state index contributed by atoms with van der Waals surface area (Å²) in [5.41, 5.74) is 5.46.